The summed E-state index contributed by atoms with van der Waals surface area (Å²) in [7, 11) is 0. The number of anilines is 6. The third-order valence-electron chi connectivity index (χ3n) is 13.1. The zero-order chi connectivity index (χ0) is 32.1. The van der Waals surface area contributed by atoms with Gasteiger partial charge >= 0.3 is 0 Å². The Labute approximate surface area is 292 Å². The lowest BCUT2D eigenvalue weighted by molar-refractivity contribution is 0.658. The van der Waals surface area contributed by atoms with Gasteiger partial charge in [-0.25, -0.2) is 0 Å². The molecule has 5 aromatic carbocycles. The second-order valence-electron chi connectivity index (χ2n) is 15.8. The number of aryl methyl sites for hydroxylation is 4. The number of para-hydroxylation sites is 2. The summed E-state index contributed by atoms with van der Waals surface area (Å²) in [6, 6.07) is 31.5. The molecule has 49 heavy (non-hydrogen) atoms. The van der Waals surface area contributed by atoms with E-state index >= 15 is 0 Å². The quantitative estimate of drug-likeness (QED) is 0.175. The Morgan fingerprint density at radius 3 is 1.12 bits per heavy atom. The highest BCUT2D eigenvalue weighted by atomic mass is 15.2. The van der Waals surface area contributed by atoms with Crippen molar-refractivity contribution in [2.24, 2.45) is 0 Å². The molecule has 0 N–H and O–H groups in total. The molecule has 5 aromatic rings. The van der Waals surface area contributed by atoms with Crippen LogP contribution in [0.15, 0.2) is 78.9 Å². The molecule has 6 aliphatic rings. The summed E-state index contributed by atoms with van der Waals surface area (Å²) in [4.78, 5) is 5.56. The van der Waals surface area contributed by atoms with Crippen molar-refractivity contribution in [1.82, 2.24) is 0 Å². The van der Waals surface area contributed by atoms with Crippen molar-refractivity contribution in [2.75, 3.05) is 9.80 Å². The van der Waals surface area contributed by atoms with Crippen molar-refractivity contribution in [1.29, 1.82) is 0 Å². The van der Waals surface area contributed by atoms with Crippen LogP contribution in [0.3, 0.4) is 0 Å². The Hall–Kier alpha value is -4.24. The molecule has 0 radical (unpaired) electrons. The zero-order valence-electron chi connectivity index (χ0n) is 28.8. The standard InChI is InChI=1S/C46H45BN2/c1-5-18-34-30(14-1)28-31-15-2-6-19-35(31)45(34)48-40-24-11-9-22-38(40)47-39-23-10-12-25-41(39)49(43-27-13-26-42(48)44(43)47)46-36-20-7-3-16-32(36)29-33-17-4-8-21-37(33)46/h9-13,22-29H,1-8,14-21H2. The van der Waals surface area contributed by atoms with Gasteiger partial charge in [0.05, 0.1) is 11.4 Å². The fourth-order valence-electron chi connectivity index (χ4n) is 11.1. The topological polar surface area (TPSA) is 6.48 Å². The molecule has 0 bridgehead atoms. The summed E-state index contributed by atoms with van der Waals surface area (Å²) in [5, 5.41) is 0. The van der Waals surface area contributed by atoms with Crippen LogP contribution < -0.4 is 26.2 Å². The van der Waals surface area contributed by atoms with Gasteiger partial charge in [0.1, 0.15) is 0 Å². The maximum absolute atomic E-state index is 2.78. The largest absolute Gasteiger partial charge is 0.311 e. The monoisotopic (exact) mass is 636 g/mol. The van der Waals surface area contributed by atoms with Crippen LogP contribution in [0.2, 0.25) is 0 Å². The molecule has 0 aromatic heterocycles. The number of hydrogen-bond acceptors (Lipinski definition) is 2. The summed E-state index contributed by atoms with van der Waals surface area (Å²) >= 11 is 0. The van der Waals surface area contributed by atoms with Crippen molar-refractivity contribution in [3.63, 3.8) is 0 Å². The van der Waals surface area contributed by atoms with Gasteiger partial charge in [0, 0.05) is 22.7 Å². The molecule has 4 aliphatic carbocycles. The van der Waals surface area contributed by atoms with Crippen LogP contribution in [0, 0.1) is 0 Å². The smallest absolute Gasteiger partial charge is 0.252 e. The zero-order valence-corrected chi connectivity index (χ0v) is 28.8. The first-order valence-electron chi connectivity index (χ1n) is 19.6. The van der Waals surface area contributed by atoms with Crippen LogP contribution in [-0.2, 0) is 51.4 Å². The van der Waals surface area contributed by atoms with Gasteiger partial charge in [-0.1, -0.05) is 54.6 Å². The van der Waals surface area contributed by atoms with E-state index in [9.17, 15) is 0 Å². The lowest BCUT2D eigenvalue weighted by atomic mass is 9.33. The Bertz CT molecular complexity index is 1960. The number of nitrogens with zero attached hydrogens (tertiary/aromatic N) is 2. The molecule has 2 aliphatic heterocycles. The summed E-state index contributed by atoms with van der Waals surface area (Å²) in [6.07, 6.45) is 20.2. The van der Waals surface area contributed by atoms with E-state index in [0.29, 0.717) is 0 Å². The second-order valence-corrected chi connectivity index (χ2v) is 15.8. The van der Waals surface area contributed by atoms with Crippen LogP contribution in [0.5, 0.6) is 0 Å². The summed E-state index contributed by atoms with van der Waals surface area (Å²) in [5.41, 5.74) is 26.2. The molecule has 0 saturated heterocycles. The number of hydrogen-bond donors (Lipinski definition) is 0. The first-order chi connectivity index (χ1) is 24.3. The highest BCUT2D eigenvalue weighted by molar-refractivity contribution is 7.00. The average Bonchev–Trinajstić information content (AvgIpc) is 3.16. The van der Waals surface area contributed by atoms with E-state index in [1.54, 1.807) is 55.9 Å². The van der Waals surface area contributed by atoms with E-state index in [2.05, 4.69) is 88.7 Å². The lowest BCUT2D eigenvalue weighted by Gasteiger charge is -2.46. The van der Waals surface area contributed by atoms with E-state index in [1.165, 1.54) is 142 Å². The molecule has 0 fully saturated rings. The van der Waals surface area contributed by atoms with Gasteiger partial charge in [0.2, 0.25) is 0 Å². The van der Waals surface area contributed by atoms with Crippen molar-refractivity contribution in [2.45, 2.75) is 103 Å². The molecule has 0 saturated carbocycles. The van der Waals surface area contributed by atoms with Gasteiger partial charge < -0.3 is 9.80 Å². The number of fused-ring (bicyclic) bond motifs is 8. The highest BCUT2D eigenvalue weighted by Crippen LogP contribution is 2.51. The van der Waals surface area contributed by atoms with Crippen molar-refractivity contribution >= 4 is 57.2 Å². The van der Waals surface area contributed by atoms with E-state index < -0.39 is 0 Å². The molecule has 3 heteroatoms. The minimum Gasteiger partial charge on any atom is -0.311 e. The fraction of sp³-hybridized carbons (Fsp3) is 0.348. The summed E-state index contributed by atoms with van der Waals surface area (Å²) in [6.45, 7) is 0.219. The summed E-state index contributed by atoms with van der Waals surface area (Å²) < 4.78 is 0. The van der Waals surface area contributed by atoms with Crippen LogP contribution in [0.4, 0.5) is 34.1 Å². The molecular weight excluding hydrogens is 591 g/mol. The molecule has 0 unspecified atom stereocenters. The van der Waals surface area contributed by atoms with Gasteiger partial charge in [-0.15, -0.1) is 0 Å². The van der Waals surface area contributed by atoms with Gasteiger partial charge in [-0.2, -0.15) is 0 Å². The number of benzene rings is 5. The molecule has 2 nitrogen and oxygen atoms in total. The molecule has 11 rings (SSSR count). The Balaban J connectivity index is 1.23. The second kappa shape index (κ2) is 11.1. The number of rotatable bonds is 2. The van der Waals surface area contributed by atoms with E-state index in [-0.39, 0.29) is 6.71 Å². The molecule has 0 amide bonds. The van der Waals surface area contributed by atoms with Gasteiger partial charge in [0.15, 0.2) is 0 Å². The highest BCUT2D eigenvalue weighted by Gasteiger charge is 2.45. The van der Waals surface area contributed by atoms with Crippen LogP contribution in [-0.4, -0.2) is 6.71 Å². The fourth-order valence-corrected chi connectivity index (χ4v) is 11.1. The molecular formula is C46H45BN2. The van der Waals surface area contributed by atoms with E-state index in [1.807, 2.05) is 0 Å². The SMILES string of the molecule is c1ccc2c(c1)B1c3ccccc3N(c3c4c(cc5c3CCCC5)CCCC4)c3cccc(c31)N2c1c2c(cc3c1CCCC3)CCCC2. The minimum absolute atomic E-state index is 0.219. The van der Waals surface area contributed by atoms with Crippen LogP contribution in [0.1, 0.15) is 95.9 Å². The Morgan fingerprint density at radius 1 is 0.367 bits per heavy atom. The predicted molar refractivity (Wildman–Crippen MR) is 207 cm³/mol. The predicted octanol–water partition coefficient (Wildman–Crippen LogP) is 9.28. The molecule has 0 atom stereocenters. The average molecular weight is 637 g/mol. The van der Waals surface area contributed by atoms with E-state index in [4.69, 9.17) is 0 Å². The van der Waals surface area contributed by atoms with Crippen molar-refractivity contribution < 1.29 is 0 Å². The minimum atomic E-state index is 0.219. The first kappa shape index (κ1) is 28.6. The maximum Gasteiger partial charge on any atom is 0.252 e. The maximum atomic E-state index is 2.78. The van der Waals surface area contributed by atoms with Gasteiger partial charge in [0.25, 0.3) is 6.71 Å². The molecule has 0 spiro atoms. The van der Waals surface area contributed by atoms with Gasteiger partial charge in [-0.05, 0) is 188 Å². The molecule has 242 valence electrons. The van der Waals surface area contributed by atoms with Crippen LogP contribution in [0.25, 0.3) is 0 Å². The third-order valence-corrected chi connectivity index (χ3v) is 13.1. The molecule has 2 heterocycles. The van der Waals surface area contributed by atoms with Crippen molar-refractivity contribution in [3.05, 3.63) is 123 Å². The van der Waals surface area contributed by atoms with Crippen LogP contribution >= 0.6 is 0 Å². The third kappa shape index (κ3) is 4.14. The Kier molecular flexibility index (Phi) is 6.50. The Morgan fingerprint density at radius 2 is 0.714 bits per heavy atom. The lowest BCUT2D eigenvalue weighted by Crippen LogP contribution is -2.61. The van der Waals surface area contributed by atoms with Crippen molar-refractivity contribution in [3.8, 4) is 0 Å². The summed E-state index contributed by atoms with van der Waals surface area (Å²) in [5.74, 6) is 0. The van der Waals surface area contributed by atoms with Gasteiger partial charge in [-0.3, -0.25) is 0 Å². The first-order valence-corrected chi connectivity index (χ1v) is 19.6. The normalized spacial score (nSPS) is 18.4. The van der Waals surface area contributed by atoms with E-state index in [0.717, 1.165) is 0 Å².